The number of ether oxygens (including phenoxy) is 1. The van der Waals surface area contributed by atoms with Gasteiger partial charge in [0.05, 0.1) is 34.3 Å². The molecule has 0 radical (unpaired) electrons. The molecule has 0 unspecified atom stereocenters. The van der Waals surface area contributed by atoms with Crippen LogP contribution >= 0.6 is 11.6 Å². The van der Waals surface area contributed by atoms with Crippen LogP contribution in [0, 0.1) is 6.92 Å². The van der Waals surface area contributed by atoms with Crippen LogP contribution in [0.5, 0.6) is 5.75 Å². The van der Waals surface area contributed by atoms with E-state index in [2.05, 4.69) is 10.0 Å². The Morgan fingerprint density at radius 2 is 1.78 bits per heavy atom. The van der Waals surface area contributed by atoms with Crippen molar-refractivity contribution in [2.75, 3.05) is 11.8 Å². The summed E-state index contributed by atoms with van der Waals surface area (Å²) in [6.45, 7) is 3.93. The maximum Gasteiger partial charge on any atom is 0.261 e. The second kappa shape index (κ2) is 10.1. The molecule has 168 valence electrons. The molecule has 0 aromatic heterocycles. The molecule has 3 rings (SSSR count). The predicted molar refractivity (Wildman–Crippen MR) is 127 cm³/mol. The fourth-order valence-corrected chi connectivity index (χ4v) is 4.69. The molecule has 0 aliphatic heterocycles. The van der Waals surface area contributed by atoms with Crippen LogP contribution in [0.1, 0.15) is 40.9 Å². The highest BCUT2D eigenvalue weighted by Gasteiger charge is 2.19. The molecule has 0 saturated carbocycles. The highest BCUT2D eigenvalue weighted by molar-refractivity contribution is 7.92. The quantitative estimate of drug-likeness (QED) is 0.463. The molecule has 3 aromatic rings. The van der Waals surface area contributed by atoms with E-state index in [0.717, 1.165) is 16.9 Å². The van der Waals surface area contributed by atoms with Gasteiger partial charge in [0, 0.05) is 0 Å². The summed E-state index contributed by atoms with van der Waals surface area (Å²) in [6.07, 6.45) is 0.685. The number of carbonyl (C=O) groups is 1. The molecule has 6 nitrogen and oxygen atoms in total. The van der Waals surface area contributed by atoms with Gasteiger partial charge in [0.15, 0.2) is 0 Å². The zero-order valence-electron chi connectivity index (χ0n) is 18.1. The number of hydrogen-bond donors (Lipinski definition) is 2. The van der Waals surface area contributed by atoms with Gasteiger partial charge in [-0.05, 0) is 60.9 Å². The average Bonchev–Trinajstić information content (AvgIpc) is 2.77. The van der Waals surface area contributed by atoms with Crippen LogP contribution < -0.4 is 14.8 Å². The number of rotatable bonds is 8. The van der Waals surface area contributed by atoms with Crippen LogP contribution in [0.3, 0.4) is 0 Å². The Balaban J connectivity index is 1.76. The molecular weight excluding hydrogens is 448 g/mol. The van der Waals surface area contributed by atoms with Gasteiger partial charge < -0.3 is 10.1 Å². The van der Waals surface area contributed by atoms with Crippen molar-refractivity contribution in [1.82, 2.24) is 5.32 Å². The Hall–Kier alpha value is -3.03. The van der Waals surface area contributed by atoms with Gasteiger partial charge in [-0.1, -0.05) is 48.9 Å². The second-order valence-corrected chi connectivity index (χ2v) is 9.37. The van der Waals surface area contributed by atoms with Crippen molar-refractivity contribution >= 4 is 33.2 Å². The van der Waals surface area contributed by atoms with Crippen molar-refractivity contribution in [3.63, 3.8) is 0 Å². The number of nitrogens with one attached hydrogen (secondary N) is 2. The third-order valence-electron chi connectivity index (χ3n) is 5.05. The lowest BCUT2D eigenvalue weighted by molar-refractivity contribution is 0.0935. The highest BCUT2D eigenvalue weighted by Crippen LogP contribution is 2.27. The minimum Gasteiger partial charge on any atom is -0.496 e. The zero-order chi connectivity index (χ0) is 23.3. The van der Waals surface area contributed by atoms with Gasteiger partial charge in [-0.25, -0.2) is 8.42 Å². The first-order valence-electron chi connectivity index (χ1n) is 10.1. The molecule has 0 heterocycles. The maximum absolute atomic E-state index is 12.9. The monoisotopic (exact) mass is 472 g/mol. The third-order valence-corrected chi connectivity index (χ3v) is 6.76. The summed E-state index contributed by atoms with van der Waals surface area (Å²) in [5.74, 6) is 0.444. The lowest BCUT2D eigenvalue weighted by atomic mass is 10.0. The number of carbonyl (C=O) groups excluding carboxylic acids is 1. The Morgan fingerprint density at radius 3 is 2.38 bits per heavy atom. The fraction of sp³-hybridized carbons (Fsp3) is 0.208. The summed E-state index contributed by atoms with van der Waals surface area (Å²) in [7, 11) is -2.13. The molecule has 0 bridgehead atoms. The van der Waals surface area contributed by atoms with Crippen molar-refractivity contribution in [2.24, 2.45) is 0 Å². The maximum atomic E-state index is 12.9. The Kier molecular flexibility index (Phi) is 7.43. The van der Waals surface area contributed by atoms with Crippen LogP contribution in [-0.2, 0) is 10.0 Å². The van der Waals surface area contributed by atoms with Crippen LogP contribution in [0.25, 0.3) is 0 Å². The molecule has 8 heteroatoms. The number of halogens is 1. The zero-order valence-corrected chi connectivity index (χ0v) is 19.6. The first-order valence-corrected chi connectivity index (χ1v) is 11.9. The molecule has 0 spiro atoms. The minimum absolute atomic E-state index is 0.138. The summed E-state index contributed by atoms with van der Waals surface area (Å²) in [5, 5.41) is 3.15. The predicted octanol–water partition coefficient (Wildman–Crippen LogP) is 5.34. The van der Waals surface area contributed by atoms with E-state index in [1.54, 1.807) is 25.3 Å². The van der Waals surface area contributed by atoms with Gasteiger partial charge in [-0.15, -0.1) is 0 Å². The molecule has 0 aliphatic rings. The van der Waals surface area contributed by atoms with E-state index >= 15 is 0 Å². The number of anilines is 1. The largest absolute Gasteiger partial charge is 0.496 e. The molecule has 0 aliphatic carbocycles. The van der Waals surface area contributed by atoms with E-state index < -0.39 is 10.0 Å². The Labute approximate surface area is 193 Å². The summed E-state index contributed by atoms with van der Waals surface area (Å²) >= 11 is 6.32. The van der Waals surface area contributed by atoms with Gasteiger partial charge in [0.2, 0.25) is 0 Å². The van der Waals surface area contributed by atoms with Crippen molar-refractivity contribution < 1.29 is 17.9 Å². The Morgan fingerprint density at radius 1 is 1.06 bits per heavy atom. The van der Waals surface area contributed by atoms with E-state index in [0.29, 0.717) is 6.42 Å². The van der Waals surface area contributed by atoms with Gasteiger partial charge in [-0.3, -0.25) is 9.52 Å². The summed E-state index contributed by atoms with van der Waals surface area (Å²) in [6, 6.07) is 18.0. The number of benzene rings is 3. The summed E-state index contributed by atoms with van der Waals surface area (Å²) < 4.78 is 32.8. The molecule has 1 atom stereocenters. The third kappa shape index (κ3) is 5.41. The topological polar surface area (TPSA) is 84.5 Å². The van der Waals surface area contributed by atoms with Crippen LogP contribution in [-0.4, -0.2) is 21.4 Å². The number of amides is 1. The van der Waals surface area contributed by atoms with Crippen molar-refractivity contribution in [3.8, 4) is 5.75 Å². The average molecular weight is 473 g/mol. The lowest BCUT2D eigenvalue weighted by Gasteiger charge is -2.19. The molecular formula is C24H25ClN2O4S. The van der Waals surface area contributed by atoms with Crippen molar-refractivity contribution in [2.45, 2.75) is 31.2 Å². The molecule has 32 heavy (non-hydrogen) atoms. The fourth-order valence-electron chi connectivity index (χ4n) is 3.35. The number of aryl methyl sites for hydroxylation is 1. The van der Waals surface area contributed by atoms with Gasteiger partial charge in [0.1, 0.15) is 5.75 Å². The Bertz CT molecular complexity index is 1210. The highest BCUT2D eigenvalue weighted by atomic mass is 35.5. The molecule has 1 amide bonds. The molecule has 2 N–H and O–H groups in total. The number of methoxy groups -OCH3 is 1. The SMILES string of the molecule is CC[C@H](NC(=O)c1ccc(NS(=O)(=O)c2ccccc2)cc1Cl)c1ccc(OC)c(C)c1. The van der Waals surface area contributed by atoms with Gasteiger partial charge in [0.25, 0.3) is 15.9 Å². The lowest BCUT2D eigenvalue weighted by Crippen LogP contribution is -2.28. The molecule has 0 saturated heterocycles. The van der Waals surface area contributed by atoms with Gasteiger partial charge >= 0.3 is 0 Å². The van der Waals surface area contributed by atoms with Crippen molar-refractivity contribution in [3.05, 3.63) is 88.4 Å². The van der Waals surface area contributed by atoms with Crippen LogP contribution in [0.4, 0.5) is 5.69 Å². The van der Waals surface area contributed by atoms with E-state index in [4.69, 9.17) is 16.3 Å². The minimum atomic E-state index is -3.75. The summed E-state index contributed by atoms with van der Waals surface area (Å²) in [4.78, 5) is 13.0. The number of hydrogen-bond acceptors (Lipinski definition) is 4. The van der Waals surface area contributed by atoms with E-state index in [1.807, 2.05) is 32.0 Å². The first kappa shape index (κ1) is 23.6. The van der Waals surface area contributed by atoms with Crippen LogP contribution in [0.2, 0.25) is 5.02 Å². The second-order valence-electron chi connectivity index (χ2n) is 7.28. The normalized spacial score (nSPS) is 12.1. The molecule has 3 aromatic carbocycles. The standard InChI is InChI=1S/C24H25ClN2O4S/c1-4-22(17-10-13-23(31-3)16(2)14-17)26-24(28)20-12-11-18(15-21(20)25)27-32(29,30)19-8-6-5-7-9-19/h5-15,22,27H,4H2,1-3H3,(H,26,28)/t22-/m0/s1. The smallest absolute Gasteiger partial charge is 0.261 e. The first-order chi connectivity index (χ1) is 15.2. The van der Waals surface area contributed by atoms with Crippen LogP contribution in [0.15, 0.2) is 71.6 Å². The molecule has 0 fully saturated rings. The van der Waals surface area contributed by atoms with E-state index in [-0.39, 0.29) is 33.1 Å². The van der Waals surface area contributed by atoms with E-state index in [1.165, 1.54) is 30.3 Å². The van der Waals surface area contributed by atoms with E-state index in [9.17, 15) is 13.2 Å². The van der Waals surface area contributed by atoms with Crippen molar-refractivity contribution in [1.29, 1.82) is 0 Å². The summed E-state index contributed by atoms with van der Waals surface area (Å²) in [5.41, 5.74) is 2.47. The number of sulfonamides is 1. The van der Waals surface area contributed by atoms with Gasteiger partial charge in [-0.2, -0.15) is 0 Å².